The van der Waals surface area contributed by atoms with E-state index in [-0.39, 0.29) is 0 Å². The van der Waals surface area contributed by atoms with Crippen molar-refractivity contribution in [2.75, 3.05) is 0 Å². The molecule has 0 heterocycles. The molecule has 0 aromatic heterocycles. The Bertz CT molecular complexity index is 137. The lowest BCUT2D eigenvalue weighted by atomic mass is 9.62. The molecule has 0 aromatic rings. The van der Waals surface area contributed by atoms with Gasteiger partial charge in [-0.2, -0.15) is 0 Å². The molecule has 3 aliphatic rings. The molecule has 3 atom stereocenters. The maximum Gasteiger partial charge on any atom is 0.0276 e. The van der Waals surface area contributed by atoms with Gasteiger partial charge in [-0.05, 0) is 24.7 Å². The molecule has 3 rings (SSSR count). The van der Waals surface area contributed by atoms with Gasteiger partial charge in [-0.1, -0.05) is 34.5 Å². The van der Waals surface area contributed by atoms with E-state index in [0.717, 1.165) is 16.7 Å². The first kappa shape index (κ1) is 5.96. The smallest absolute Gasteiger partial charge is 0.0276 e. The average molecular weight is 187 g/mol. The topological polar surface area (TPSA) is 0 Å². The average Bonchev–Trinajstić information content (AvgIpc) is 1.91. The Morgan fingerprint density at radius 3 is 2.11 bits per heavy atom. The van der Waals surface area contributed by atoms with Gasteiger partial charge in [-0.3, -0.25) is 0 Å². The van der Waals surface area contributed by atoms with Crippen molar-refractivity contribution in [3.63, 3.8) is 0 Å². The molecule has 3 saturated carbocycles. The van der Waals surface area contributed by atoms with E-state index in [1.54, 1.807) is 0 Å². The van der Waals surface area contributed by atoms with Gasteiger partial charge >= 0.3 is 0 Å². The second kappa shape index (κ2) is 1.85. The van der Waals surface area contributed by atoms with E-state index in [1.807, 2.05) is 0 Å². The summed E-state index contributed by atoms with van der Waals surface area (Å²) in [5, 5.41) is 0. The molecule has 0 nitrogen and oxygen atoms in total. The quantitative estimate of drug-likeness (QED) is 0.404. The predicted octanol–water partition coefficient (Wildman–Crippen LogP) is 2.74. The summed E-state index contributed by atoms with van der Waals surface area (Å²) in [4.78, 5) is 0.791. The molecule has 0 N–H and O–H groups in total. The van der Waals surface area contributed by atoms with Crippen molar-refractivity contribution in [1.82, 2.24) is 0 Å². The fourth-order valence-electron chi connectivity index (χ4n) is 2.09. The van der Waals surface area contributed by atoms with Gasteiger partial charge in [-0.25, -0.2) is 0 Å². The number of alkyl halides is 1. The summed E-state index contributed by atoms with van der Waals surface area (Å²) in [6, 6.07) is 0. The van der Waals surface area contributed by atoms with Crippen LogP contribution < -0.4 is 0 Å². The molecule has 0 amide bonds. The lowest BCUT2D eigenvalue weighted by molar-refractivity contribution is 0.235. The van der Waals surface area contributed by atoms with Gasteiger partial charge in [0.15, 0.2) is 0 Å². The molecule has 0 radical (unpaired) electrons. The van der Waals surface area contributed by atoms with Gasteiger partial charge in [0.1, 0.15) is 0 Å². The van der Waals surface area contributed by atoms with Crippen molar-refractivity contribution in [2.24, 2.45) is 11.8 Å². The van der Waals surface area contributed by atoms with E-state index in [1.165, 1.54) is 24.8 Å². The third-order valence-electron chi connectivity index (χ3n) is 2.75. The number of rotatable bonds is 0. The molecule has 0 saturated heterocycles. The lowest BCUT2D eigenvalue weighted by Gasteiger charge is -2.48. The molecule has 50 valence electrons. The summed E-state index contributed by atoms with van der Waals surface area (Å²) in [5.74, 6) is 1.67. The largest absolute Gasteiger partial charge is 0.0992 e. The molecule has 0 spiro atoms. The van der Waals surface area contributed by atoms with E-state index >= 15 is 0 Å². The monoisotopic (exact) mass is 186 g/mol. The SMILES string of the molecule is C=C1[C@H]2CCC[C@@H]1C2Br. The molecule has 3 aliphatic carbocycles. The van der Waals surface area contributed by atoms with Gasteiger partial charge in [0.05, 0.1) is 0 Å². The van der Waals surface area contributed by atoms with Gasteiger partial charge < -0.3 is 0 Å². The number of fused-ring (bicyclic) bond motifs is 2. The van der Waals surface area contributed by atoms with Crippen LogP contribution in [0.5, 0.6) is 0 Å². The van der Waals surface area contributed by atoms with Crippen molar-refractivity contribution in [1.29, 1.82) is 0 Å². The summed E-state index contributed by atoms with van der Waals surface area (Å²) < 4.78 is 0. The fourth-order valence-corrected chi connectivity index (χ4v) is 3.30. The summed E-state index contributed by atoms with van der Waals surface area (Å²) in [7, 11) is 0. The number of hydrogen-bond donors (Lipinski definition) is 0. The van der Waals surface area contributed by atoms with Crippen LogP contribution in [-0.2, 0) is 0 Å². The van der Waals surface area contributed by atoms with Gasteiger partial charge in [0.25, 0.3) is 0 Å². The minimum absolute atomic E-state index is 0.791. The molecule has 9 heavy (non-hydrogen) atoms. The number of halogens is 1. The van der Waals surface area contributed by atoms with Crippen LogP contribution >= 0.6 is 15.9 Å². The summed E-state index contributed by atoms with van der Waals surface area (Å²) in [5.41, 5.74) is 1.52. The highest BCUT2D eigenvalue weighted by Crippen LogP contribution is 2.52. The normalized spacial score (nSPS) is 48.6. The zero-order valence-electron chi connectivity index (χ0n) is 5.44. The Labute approximate surface area is 64.5 Å². The molecule has 1 unspecified atom stereocenters. The fraction of sp³-hybridized carbons (Fsp3) is 0.750. The van der Waals surface area contributed by atoms with Crippen LogP contribution in [0.4, 0.5) is 0 Å². The van der Waals surface area contributed by atoms with Crippen LogP contribution in [0.2, 0.25) is 0 Å². The summed E-state index contributed by atoms with van der Waals surface area (Å²) in [6.07, 6.45) is 4.19. The summed E-state index contributed by atoms with van der Waals surface area (Å²) in [6.45, 7) is 4.07. The zero-order valence-corrected chi connectivity index (χ0v) is 7.02. The molecule has 0 aromatic carbocycles. The van der Waals surface area contributed by atoms with Crippen molar-refractivity contribution >= 4 is 15.9 Å². The Morgan fingerprint density at radius 1 is 1.33 bits per heavy atom. The van der Waals surface area contributed by atoms with Gasteiger partial charge in [-0.15, -0.1) is 0 Å². The van der Waals surface area contributed by atoms with E-state index < -0.39 is 0 Å². The molecule has 2 bridgehead atoms. The summed E-state index contributed by atoms with van der Waals surface area (Å²) >= 11 is 3.68. The minimum Gasteiger partial charge on any atom is -0.0992 e. The lowest BCUT2D eigenvalue weighted by Crippen LogP contribution is -2.43. The highest BCUT2D eigenvalue weighted by molar-refractivity contribution is 9.09. The first-order valence-corrected chi connectivity index (χ1v) is 4.55. The number of allylic oxidation sites excluding steroid dienone is 1. The molecular weight excluding hydrogens is 176 g/mol. The molecule has 1 heteroatoms. The first-order valence-electron chi connectivity index (χ1n) is 3.63. The predicted molar refractivity (Wildman–Crippen MR) is 42.7 cm³/mol. The van der Waals surface area contributed by atoms with E-state index in [2.05, 4.69) is 22.5 Å². The van der Waals surface area contributed by atoms with Crippen LogP contribution in [0.15, 0.2) is 12.2 Å². The van der Waals surface area contributed by atoms with Gasteiger partial charge in [0, 0.05) is 4.83 Å². The Kier molecular flexibility index (Phi) is 1.23. The van der Waals surface area contributed by atoms with Gasteiger partial charge in [0.2, 0.25) is 0 Å². The van der Waals surface area contributed by atoms with Crippen LogP contribution in [0.1, 0.15) is 19.3 Å². The van der Waals surface area contributed by atoms with Crippen LogP contribution in [0, 0.1) is 11.8 Å². The third-order valence-corrected chi connectivity index (χ3v) is 4.03. The van der Waals surface area contributed by atoms with Crippen molar-refractivity contribution in [3.8, 4) is 0 Å². The van der Waals surface area contributed by atoms with Crippen molar-refractivity contribution in [3.05, 3.63) is 12.2 Å². The number of hydrogen-bond acceptors (Lipinski definition) is 0. The maximum absolute atomic E-state index is 4.07. The molecule has 0 aliphatic heterocycles. The maximum atomic E-state index is 4.07. The van der Waals surface area contributed by atoms with E-state index in [0.29, 0.717) is 0 Å². The Hall–Kier alpha value is 0.220. The highest BCUT2D eigenvalue weighted by Gasteiger charge is 2.45. The Morgan fingerprint density at radius 2 is 1.89 bits per heavy atom. The van der Waals surface area contributed by atoms with Crippen LogP contribution in [0.3, 0.4) is 0 Å². The van der Waals surface area contributed by atoms with Crippen LogP contribution in [0.25, 0.3) is 0 Å². The Balaban J connectivity index is 2.17. The molecular formula is C8H11Br. The minimum atomic E-state index is 0.791. The second-order valence-electron chi connectivity index (χ2n) is 3.16. The standard InChI is InChI=1S/C8H11Br/c1-5-6-3-2-4-7(5)8(6)9/h6-8H,1-4H2/t6-,7+,8?. The highest BCUT2D eigenvalue weighted by atomic mass is 79.9. The third kappa shape index (κ3) is 0.644. The van der Waals surface area contributed by atoms with E-state index in [9.17, 15) is 0 Å². The van der Waals surface area contributed by atoms with E-state index in [4.69, 9.17) is 0 Å². The van der Waals surface area contributed by atoms with Crippen molar-refractivity contribution < 1.29 is 0 Å². The van der Waals surface area contributed by atoms with Crippen molar-refractivity contribution in [2.45, 2.75) is 24.1 Å². The zero-order chi connectivity index (χ0) is 6.43. The molecule has 3 fully saturated rings. The van der Waals surface area contributed by atoms with Crippen LogP contribution in [-0.4, -0.2) is 4.83 Å². The second-order valence-corrected chi connectivity index (χ2v) is 4.22. The first-order chi connectivity index (χ1) is 4.30.